The highest BCUT2D eigenvalue weighted by atomic mass is 35.5. The van der Waals surface area contributed by atoms with Gasteiger partial charge in [-0.25, -0.2) is 12.7 Å². The van der Waals surface area contributed by atoms with E-state index in [4.69, 9.17) is 11.6 Å². The van der Waals surface area contributed by atoms with Crippen LogP contribution in [0.15, 0.2) is 17.2 Å². The van der Waals surface area contributed by atoms with Gasteiger partial charge < -0.3 is 4.57 Å². The van der Waals surface area contributed by atoms with Crippen molar-refractivity contribution in [3.05, 3.63) is 18.0 Å². The summed E-state index contributed by atoms with van der Waals surface area (Å²) in [6, 6.07) is 2.14. The van der Waals surface area contributed by atoms with Gasteiger partial charge in [-0.15, -0.1) is 11.6 Å². The van der Waals surface area contributed by atoms with Crippen molar-refractivity contribution in [3.63, 3.8) is 0 Å². The molecule has 0 aromatic carbocycles. The van der Waals surface area contributed by atoms with E-state index in [0.29, 0.717) is 23.4 Å². The zero-order valence-corrected chi connectivity index (χ0v) is 12.3. The lowest BCUT2D eigenvalue weighted by Crippen LogP contribution is -2.27. The summed E-state index contributed by atoms with van der Waals surface area (Å²) in [5.41, 5.74) is 0.891. The number of sulfonamides is 1. The Labute approximate surface area is 114 Å². The Kier molecular flexibility index (Phi) is 4.04. The van der Waals surface area contributed by atoms with Crippen molar-refractivity contribution in [3.8, 4) is 0 Å². The maximum atomic E-state index is 12.3. The smallest absolute Gasteiger partial charge is 0.244 e. The van der Waals surface area contributed by atoms with E-state index in [9.17, 15) is 8.42 Å². The molecule has 102 valence electrons. The summed E-state index contributed by atoms with van der Waals surface area (Å²) in [5.74, 6) is 0.351. The molecule has 1 aliphatic rings. The van der Waals surface area contributed by atoms with Crippen molar-refractivity contribution < 1.29 is 8.42 Å². The molecule has 1 aromatic rings. The quantitative estimate of drug-likeness (QED) is 0.756. The average Bonchev–Trinajstić information content (AvgIpc) is 3.08. The number of hydrogen-bond donors (Lipinski definition) is 0. The molecule has 6 heteroatoms. The van der Waals surface area contributed by atoms with Crippen LogP contribution in [0.4, 0.5) is 0 Å². The van der Waals surface area contributed by atoms with Gasteiger partial charge in [-0.3, -0.25) is 0 Å². The number of hydrogen-bond acceptors (Lipinski definition) is 2. The lowest BCUT2D eigenvalue weighted by atomic mass is 10.5. The normalized spacial score (nSPS) is 16.4. The zero-order valence-electron chi connectivity index (χ0n) is 10.8. The number of alkyl halides is 1. The molecule has 0 aliphatic heterocycles. The number of rotatable bonds is 6. The molecule has 1 aromatic heterocycles. The zero-order chi connectivity index (χ0) is 13.3. The number of aromatic nitrogens is 1. The van der Waals surface area contributed by atoms with Crippen LogP contribution in [-0.4, -0.2) is 30.9 Å². The molecule has 0 saturated heterocycles. The van der Waals surface area contributed by atoms with E-state index in [1.807, 2.05) is 11.5 Å². The molecule has 1 aliphatic carbocycles. The lowest BCUT2D eigenvalue weighted by molar-refractivity contribution is 0.468. The van der Waals surface area contributed by atoms with Gasteiger partial charge in [-0.2, -0.15) is 0 Å². The average molecular weight is 291 g/mol. The molecule has 0 atom stereocenters. The largest absolute Gasteiger partial charge is 0.346 e. The highest BCUT2D eigenvalue weighted by molar-refractivity contribution is 7.89. The molecule has 2 rings (SSSR count). The van der Waals surface area contributed by atoms with Crippen molar-refractivity contribution in [1.82, 2.24) is 8.87 Å². The highest BCUT2D eigenvalue weighted by Crippen LogP contribution is 2.37. The van der Waals surface area contributed by atoms with E-state index in [-0.39, 0.29) is 0 Å². The summed E-state index contributed by atoms with van der Waals surface area (Å²) >= 11 is 5.88. The second kappa shape index (κ2) is 5.23. The third-order valence-corrected chi connectivity index (χ3v) is 5.33. The summed E-state index contributed by atoms with van der Waals surface area (Å²) in [5, 5.41) is 0. The molecule has 0 amide bonds. The molecule has 18 heavy (non-hydrogen) atoms. The van der Waals surface area contributed by atoms with E-state index >= 15 is 0 Å². The molecule has 4 nitrogen and oxygen atoms in total. The minimum absolute atomic E-state index is 0.351. The van der Waals surface area contributed by atoms with Crippen LogP contribution in [-0.2, 0) is 15.9 Å². The Hall–Kier alpha value is -0.520. The van der Waals surface area contributed by atoms with E-state index in [1.54, 1.807) is 19.3 Å². The first kappa shape index (κ1) is 13.9. The molecule has 0 radical (unpaired) electrons. The van der Waals surface area contributed by atoms with Gasteiger partial charge in [0.1, 0.15) is 4.90 Å². The van der Waals surface area contributed by atoms with E-state index in [0.717, 1.165) is 25.0 Å². The highest BCUT2D eigenvalue weighted by Gasteiger charge is 2.29. The maximum absolute atomic E-state index is 12.3. The summed E-state index contributed by atoms with van der Waals surface area (Å²) in [6.45, 7) is 2.50. The summed E-state index contributed by atoms with van der Waals surface area (Å²) < 4.78 is 28.0. The van der Waals surface area contributed by atoms with Crippen molar-refractivity contribution in [2.24, 2.45) is 0 Å². The van der Waals surface area contributed by atoms with Crippen molar-refractivity contribution in [2.75, 3.05) is 13.6 Å². The first-order valence-electron chi connectivity index (χ1n) is 6.23. The summed E-state index contributed by atoms with van der Waals surface area (Å²) in [7, 11) is -1.75. The fourth-order valence-electron chi connectivity index (χ4n) is 2.05. The van der Waals surface area contributed by atoms with Crippen LogP contribution in [0.5, 0.6) is 0 Å². The van der Waals surface area contributed by atoms with Gasteiger partial charge in [0.05, 0.1) is 5.88 Å². The van der Waals surface area contributed by atoms with Crippen LogP contribution < -0.4 is 0 Å². The molecule has 1 heterocycles. The van der Waals surface area contributed by atoms with Crippen molar-refractivity contribution in [2.45, 2.75) is 43.0 Å². The molecule has 1 saturated carbocycles. The van der Waals surface area contributed by atoms with Crippen LogP contribution in [0.2, 0.25) is 0 Å². The van der Waals surface area contributed by atoms with Crippen LogP contribution in [0.1, 0.15) is 37.9 Å². The fourth-order valence-corrected chi connectivity index (χ4v) is 3.58. The summed E-state index contributed by atoms with van der Waals surface area (Å²) in [4.78, 5) is 0.362. The predicted octanol–water partition coefficient (Wildman–Crippen LogP) is 2.59. The Morgan fingerprint density at radius 1 is 1.50 bits per heavy atom. The molecular formula is C12H19ClN2O2S. The Bertz CT molecular complexity index is 520. The van der Waals surface area contributed by atoms with Crippen LogP contribution in [0.25, 0.3) is 0 Å². The van der Waals surface area contributed by atoms with Gasteiger partial charge in [0, 0.05) is 31.5 Å². The Morgan fingerprint density at radius 3 is 2.67 bits per heavy atom. The second-order valence-corrected chi connectivity index (χ2v) is 7.08. The number of nitrogens with zero attached hydrogens (tertiary/aromatic N) is 2. The topological polar surface area (TPSA) is 42.3 Å². The minimum Gasteiger partial charge on any atom is -0.346 e. The van der Waals surface area contributed by atoms with E-state index in [2.05, 4.69) is 0 Å². The Balaban J connectivity index is 2.32. The molecule has 0 spiro atoms. The third kappa shape index (κ3) is 2.58. The van der Waals surface area contributed by atoms with Gasteiger partial charge in [-0.05, 0) is 25.3 Å². The van der Waals surface area contributed by atoms with Gasteiger partial charge >= 0.3 is 0 Å². The van der Waals surface area contributed by atoms with Crippen molar-refractivity contribution >= 4 is 21.6 Å². The molecular weight excluding hydrogens is 272 g/mol. The van der Waals surface area contributed by atoms with E-state index < -0.39 is 10.0 Å². The van der Waals surface area contributed by atoms with Crippen LogP contribution in [0.3, 0.4) is 0 Å². The second-order valence-electron chi connectivity index (χ2n) is 4.77. The molecule has 0 N–H and O–H groups in total. The minimum atomic E-state index is -3.36. The fraction of sp³-hybridized carbons (Fsp3) is 0.667. The predicted molar refractivity (Wildman–Crippen MR) is 72.4 cm³/mol. The van der Waals surface area contributed by atoms with E-state index in [1.165, 1.54) is 4.31 Å². The third-order valence-electron chi connectivity index (χ3n) is 3.23. The molecule has 0 bridgehead atoms. The molecule has 0 unspecified atom stereocenters. The first-order valence-corrected chi connectivity index (χ1v) is 8.21. The Morgan fingerprint density at radius 2 is 2.17 bits per heavy atom. The van der Waals surface area contributed by atoms with Gasteiger partial charge in [0.15, 0.2) is 0 Å². The summed E-state index contributed by atoms with van der Waals surface area (Å²) in [6.07, 6.45) is 4.77. The first-order chi connectivity index (χ1) is 8.50. The molecule has 1 fully saturated rings. The van der Waals surface area contributed by atoms with Crippen LogP contribution in [0, 0.1) is 0 Å². The van der Waals surface area contributed by atoms with Gasteiger partial charge in [-0.1, -0.05) is 6.92 Å². The van der Waals surface area contributed by atoms with Gasteiger partial charge in [0.2, 0.25) is 10.0 Å². The maximum Gasteiger partial charge on any atom is 0.244 e. The number of halogens is 1. The lowest BCUT2D eigenvalue weighted by Gasteiger charge is -2.14. The standard InChI is InChI=1S/C12H19ClN2O2S/c1-3-6-14(2)18(16,17)12-7-11(8-13)15(9-12)10-4-5-10/h7,9-10H,3-6,8H2,1-2H3. The van der Waals surface area contributed by atoms with Crippen LogP contribution >= 0.6 is 11.6 Å². The van der Waals surface area contributed by atoms with Crippen molar-refractivity contribution in [1.29, 1.82) is 0 Å². The monoisotopic (exact) mass is 290 g/mol. The SMILES string of the molecule is CCCN(C)S(=O)(=O)c1cc(CCl)n(C2CC2)c1. The van der Waals surface area contributed by atoms with Gasteiger partial charge in [0.25, 0.3) is 0 Å².